The Morgan fingerprint density at radius 3 is 2.84 bits per heavy atom. The third kappa shape index (κ3) is 2.59. The molecule has 2 aromatic rings. The molecule has 4 N–H and O–H groups in total. The number of H-pyrrole nitrogens is 1. The minimum absolute atomic E-state index is 0.0256. The van der Waals surface area contributed by atoms with E-state index in [1.54, 1.807) is 12.3 Å². The lowest BCUT2D eigenvalue weighted by molar-refractivity contribution is -0.383. The summed E-state index contributed by atoms with van der Waals surface area (Å²) < 4.78 is 0.572. The van der Waals surface area contributed by atoms with Crippen LogP contribution in [-0.4, -0.2) is 27.0 Å². The van der Waals surface area contributed by atoms with Crippen molar-refractivity contribution in [3.05, 3.63) is 38.5 Å². The maximum Gasteiger partial charge on any atom is 0.320 e. The topological polar surface area (TPSA) is 122 Å². The lowest BCUT2D eigenvalue weighted by atomic mass is 10.0. The van der Waals surface area contributed by atoms with Gasteiger partial charge in [-0.15, -0.1) is 0 Å². The molecule has 0 radical (unpaired) electrons. The maximum absolute atomic E-state index is 11.1. The molecule has 100 valence electrons. The summed E-state index contributed by atoms with van der Waals surface area (Å²) in [5, 5.41) is 20.3. The molecule has 0 aliphatic heterocycles. The number of benzene rings is 1. The number of hydrogen-bond donors (Lipinski definition) is 3. The van der Waals surface area contributed by atoms with Crippen molar-refractivity contribution in [2.45, 2.75) is 12.5 Å². The molecule has 8 heteroatoms. The van der Waals surface area contributed by atoms with E-state index >= 15 is 0 Å². The summed E-state index contributed by atoms with van der Waals surface area (Å²) in [4.78, 5) is 24.2. The van der Waals surface area contributed by atoms with E-state index in [0.29, 0.717) is 20.9 Å². The Morgan fingerprint density at radius 1 is 1.58 bits per heavy atom. The number of aromatic nitrogens is 1. The first-order valence-corrected chi connectivity index (χ1v) is 6.11. The fraction of sp³-hybridized carbons (Fsp3) is 0.182. The van der Waals surface area contributed by atoms with Gasteiger partial charge >= 0.3 is 5.97 Å². The van der Waals surface area contributed by atoms with Crippen LogP contribution in [0.5, 0.6) is 0 Å². The van der Waals surface area contributed by atoms with E-state index in [9.17, 15) is 14.9 Å². The van der Waals surface area contributed by atoms with Gasteiger partial charge in [0.1, 0.15) is 6.04 Å². The standard InChI is InChI=1S/C11H10BrN3O4/c12-6-2-8-10(9(3-6)15(18)19)5(4-14-8)1-7(13)11(16)17/h2-4,7,14H,1,13H2,(H,16,17). The number of nitrogens with two attached hydrogens (primary N) is 1. The number of carbonyl (C=O) groups is 1. The number of aliphatic carboxylic acids is 1. The second-order valence-corrected chi connectivity index (χ2v) is 4.98. The van der Waals surface area contributed by atoms with E-state index in [4.69, 9.17) is 10.8 Å². The minimum atomic E-state index is -1.14. The molecule has 0 amide bonds. The molecule has 2 rings (SSSR count). The Kier molecular flexibility index (Phi) is 3.54. The van der Waals surface area contributed by atoms with E-state index in [1.807, 2.05) is 0 Å². The molecular weight excluding hydrogens is 318 g/mol. The summed E-state index contributed by atoms with van der Waals surface area (Å²) in [7, 11) is 0. The van der Waals surface area contributed by atoms with Gasteiger partial charge in [0.25, 0.3) is 5.69 Å². The molecule has 0 aliphatic carbocycles. The number of nitro benzene ring substituents is 1. The van der Waals surface area contributed by atoms with Gasteiger partial charge in [0, 0.05) is 23.2 Å². The zero-order valence-electron chi connectivity index (χ0n) is 9.59. The highest BCUT2D eigenvalue weighted by atomic mass is 79.9. The molecule has 1 unspecified atom stereocenters. The molecule has 1 aromatic heterocycles. The van der Waals surface area contributed by atoms with Gasteiger partial charge in [-0.1, -0.05) is 15.9 Å². The molecule has 0 saturated carbocycles. The van der Waals surface area contributed by atoms with Crippen LogP contribution < -0.4 is 5.73 Å². The smallest absolute Gasteiger partial charge is 0.320 e. The summed E-state index contributed by atoms with van der Waals surface area (Å²) in [6.45, 7) is 0. The Balaban J connectivity index is 2.57. The van der Waals surface area contributed by atoms with E-state index in [2.05, 4.69) is 20.9 Å². The van der Waals surface area contributed by atoms with Gasteiger partial charge in [-0.25, -0.2) is 0 Å². The second kappa shape index (κ2) is 4.98. The van der Waals surface area contributed by atoms with Crippen LogP contribution in [-0.2, 0) is 11.2 Å². The molecule has 1 atom stereocenters. The fourth-order valence-corrected chi connectivity index (χ4v) is 2.36. The number of nitrogens with one attached hydrogen (secondary N) is 1. The number of non-ortho nitro benzene ring substituents is 1. The molecule has 0 spiro atoms. The number of nitro groups is 1. The lowest BCUT2D eigenvalue weighted by Gasteiger charge is -2.05. The number of carboxylic acids is 1. The summed E-state index contributed by atoms with van der Waals surface area (Å²) in [5.74, 6) is -1.14. The zero-order chi connectivity index (χ0) is 14.2. The molecule has 0 saturated heterocycles. The molecule has 0 aliphatic rings. The highest BCUT2D eigenvalue weighted by Crippen LogP contribution is 2.32. The van der Waals surface area contributed by atoms with Crippen LogP contribution in [0, 0.1) is 10.1 Å². The number of rotatable bonds is 4. The van der Waals surface area contributed by atoms with Crippen molar-refractivity contribution >= 4 is 38.5 Å². The third-order valence-electron chi connectivity index (χ3n) is 2.76. The van der Waals surface area contributed by atoms with Crippen molar-refractivity contribution in [2.24, 2.45) is 5.73 Å². The summed E-state index contributed by atoms with van der Waals surface area (Å²) in [6.07, 6.45) is 1.57. The Hall–Kier alpha value is -1.93. The average Bonchev–Trinajstić information content (AvgIpc) is 2.70. The van der Waals surface area contributed by atoms with Gasteiger partial charge in [0.15, 0.2) is 0 Å². The van der Waals surface area contributed by atoms with Crippen LogP contribution in [0.2, 0.25) is 0 Å². The second-order valence-electron chi connectivity index (χ2n) is 4.07. The molecule has 1 heterocycles. The largest absolute Gasteiger partial charge is 0.480 e. The van der Waals surface area contributed by atoms with Crippen molar-refractivity contribution in [1.82, 2.24) is 4.98 Å². The monoisotopic (exact) mass is 327 g/mol. The van der Waals surface area contributed by atoms with Crippen molar-refractivity contribution in [2.75, 3.05) is 0 Å². The molecular formula is C11H10BrN3O4. The summed E-state index contributed by atoms with van der Waals surface area (Å²) in [5.41, 5.74) is 6.46. The average molecular weight is 328 g/mol. The quantitative estimate of drug-likeness (QED) is 0.583. The van der Waals surface area contributed by atoms with Crippen LogP contribution in [0.1, 0.15) is 5.56 Å². The number of hydrogen-bond acceptors (Lipinski definition) is 4. The maximum atomic E-state index is 11.1. The molecule has 0 bridgehead atoms. The van der Waals surface area contributed by atoms with Crippen LogP contribution >= 0.6 is 15.9 Å². The predicted molar refractivity (Wildman–Crippen MR) is 72.0 cm³/mol. The number of halogens is 1. The third-order valence-corrected chi connectivity index (χ3v) is 3.22. The van der Waals surface area contributed by atoms with Crippen molar-refractivity contribution in [3.8, 4) is 0 Å². The Morgan fingerprint density at radius 2 is 2.26 bits per heavy atom. The number of carboxylic acid groups (broad SMARTS) is 1. The van der Waals surface area contributed by atoms with Gasteiger partial charge in [-0.2, -0.15) is 0 Å². The summed E-state index contributed by atoms with van der Waals surface area (Å²) in [6, 6.07) is 1.98. The van der Waals surface area contributed by atoms with Gasteiger partial charge in [0.2, 0.25) is 0 Å². The molecule has 1 aromatic carbocycles. The van der Waals surface area contributed by atoms with Crippen LogP contribution in [0.3, 0.4) is 0 Å². The van der Waals surface area contributed by atoms with Gasteiger partial charge < -0.3 is 15.8 Å². The first-order valence-electron chi connectivity index (χ1n) is 5.32. The first kappa shape index (κ1) is 13.5. The molecule has 7 nitrogen and oxygen atoms in total. The SMILES string of the molecule is NC(Cc1c[nH]c2cc(Br)cc([N+](=O)[O-])c12)C(=O)O. The highest BCUT2D eigenvalue weighted by Gasteiger charge is 2.21. The normalized spacial score (nSPS) is 12.5. The number of aromatic amines is 1. The van der Waals surface area contributed by atoms with Gasteiger partial charge in [-0.3, -0.25) is 14.9 Å². The Labute approximate surface area is 115 Å². The van der Waals surface area contributed by atoms with Crippen molar-refractivity contribution in [1.29, 1.82) is 0 Å². The van der Waals surface area contributed by atoms with Crippen LogP contribution in [0.4, 0.5) is 5.69 Å². The number of nitrogens with zero attached hydrogens (tertiary/aromatic N) is 1. The van der Waals surface area contributed by atoms with E-state index in [-0.39, 0.29) is 12.1 Å². The van der Waals surface area contributed by atoms with Gasteiger partial charge in [0.05, 0.1) is 15.8 Å². The van der Waals surface area contributed by atoms with Gasteiger partial charge in [-0.05, 0) is 11.6 Å². The van der Waals surface area contributed by atoms with Crippen molar-refractivity contribution < 1.29 is 14.8 Å². The van der Waals surface area contributed by atoms with E-state index in [0.717, 1.165) is 0 Å². The number of fused-ring (bicyclic) bond motifs is 1. The lowest BCUT2D eigenvalue weighted by Crippen LogP contribution is -2.32. The van der Waals surface area contributed by atoms with E-state index in [1.165, 1.54) is 6.07 Å². The fourth-order valence-electron chi connectivity index (χ4n) is 1.91. The predicted octanol–water partition coefficient (Wildman–Crippen LogP) is 1.79. The Bertz CT molecular complexity index is 667. The zero-order valence-corrected chi connectivity index (χ0v) is 11.2. The highest BCUT2D eigenvalue weighted by molar-refractivity contribution is 9.10. The minimum Gasteiger partial charge on any atom is -0.480 e. The summed E-state index contributed by atoms with van der Waals surface area (Å²) >= 11 is 3.19. The van der Waals surface area contributed by atoms with Crippen molar-refractivity contribution in [3.63, 3.8) is 0 Å². The molecule has 19 heavy (non-hydrogen) atoms. The van der Waals surface area contributed by atoms with E-state index < -0.39 is 16.9 Å². The van der Waals surface area contributed by atoms with Crippen LogP contribution in [0.15, 0.2) is 22.8 Å². The first-order chi connectivity index (χ1) is 8.90. The molecule has 0 fully saturated rings. The van der Waals surface area contributed by atoms with Crippen LogP contribution in [0.25, 0.3) is 10.9 Å².